The smallest absolute Gasteiger partial charge is 0.244 e. The molecule has 3 aromatic rings. The fourth-order valence-electron chi connectivity index (χ4n) is 3.49. The SMILES string of the molecule is CCOc1ccc(-c2coc3cc(OCC)c(/C(C)=C/C(=O)NCCN(C)C)cc23)cc1. The van der Waals surface area contributed by atoms with Crippen molar-refractivity contribution in [1.82, 2.24) is 10.2 Å². The molecule has 32 heavy (non-hydrogen) atoms. The second-order valence-corrected chi connectivity index (χ2v) is 7.81. The van der Waals surface area contributed by atoms with Crippen LogP contribution in [0, 0.1) is 0 Å². The molecular formula is C26H32N2O4. The summed E-state index contributed by atoms with van der Waals surface area (Å²) >= 11 is 0. The fraction of sp³-hybridized carbons (Fsp3) is 0.346. The summed E-state index contributed by atoms with van der Waals surface area (Å²) in [5.74, 6) is 1.41. The standard InChI is InChI=1S/C26H32N2O4/c1-6-30-20-10-8-19(9-11-20)23-17-32-25-16-24(31-7-2)21(15-22(23)25)18(3)14-26(29)27-12-13-28(4)5/h8-11,14-17H,6-7,12-13H2,1-5H3,(H,27,29)/b18-14+. The van der Waals surface area contributed by atoms with Crippen LogP contribution >= 0.6 is 0 Å². The lowest BCUT2D eigenvalue weighted by molar-refractivity contribution is -0.116. The van der Waals surface area contributed by atoms with Crippen LogP contribution in [0.3, 0.4) is 0 Å². The maximum Gasteiger partial charge on any atom is 0.244 e. The summed E-state index contributed by atoms with van der Waals surface area (Å²) < 4.78 is 17.3. The van der Waals surface area contributed by atoms with E-state index in [9.17, 15) is 4.79 Å². The first kappa shape index (κ1) is 23.4. The largest absolute Gasteiger partial charge is 0.494 e. The van der Waals surface area contributed by atoms with Gasteiger partial charge in [-0.15, -0.1) is 0 Å². The average molecular weight is 437 g/mol. The van der Waals surface area contributed by atoms with Crippen molar-refractivity contribution in [3.63, 3.8) is 0 Å². The van der Waals surface area contributed by atoms with Crippen LogP contribution in [0.4, 0.5) is 0 Å². The topological polar surface area (TPSA) is 63.9 Å². The molecule has 6 nitrogen and oxygen atoms in total. The number of carbonyl (C=O) groups excluding carboxylic acids is 1. The Kier molecular flexibility index (Phi) is 7.95. The van der Waals surface area contributed by atoms with E-state index in [1.807, 2.05) is 76.2 Å². The van der Waals surface area contributed by atoms with Gasteiger partial charge >= 0.3 is 0 Å². The fourth-order valence-corrected chi connectivity index (χ4v) is 3.49. The Labute approximate surface area is 189 Å². The van der Waals surface area contributed by atoms with Crippen LogP contribution in [-0.2, 0) is 4.79 Å². The van der Waals surface area contributed by atoms with Crippen molar-refractivity contribution >= 4 is 22.4 Å². The molecule has 3 rings (SSSR count). The van der Waals surface area contributed by atoms with E-state index in [0.29, 0.717) is 25.5 Å². The molecule has 0 aliphatic heterocycles. The number of carbonyl (C=O) groups is 1. The van der Waals surface area contributed by atoms with Crippen molar-refractivity contribution in [2.75, 3.05) is 40.4 Å². The van der Waals surface area contributed by atoms with Crippen LogP contribution < -0.4 is 14.8 Å². The molecule has 1 aromatic heterocycles. The van der Waals surface area contributed by atoms with Gasteiger partial charge < -0.3 is 24.1 Å². The van der Waals surface area contributed by atoms with Crippen LogP contribution in [-0.4, -0.2) is 51.2 Å². The van der Waals surface area contributed by atoms with E-state index in [1.54, 1.807) is 12.3 Å². The molecular weight excluding hydrogens is 404 g/mol. The van der Waals surface area contributed by atoms with Gasteiger partial charge in [-0.1, -0.05) is 12.1 Å². The van der Waals surface area contributed by atoms with Crippen molar-refractivity contribution in [3.05, 3.63) is 54.3 Å². The predicted octanol–water partition coefficient (Wildman–Crippen LogP) is 4.98. The number of allylic oxidation sites excluding steroid dienone is 1. The van der Waals surface area contributed by atoms with Crippen LogP contribution in [0.2, 0.25) is 0 Å². The Morgan fingerprint density at radius 2 is 1.81 bits per heavy atom. The number of benzene rings is 2. The first-order valence-corrected chi connectivity index (χ1v) is 11.0. The van der Waals surface area contributed by atoms with Gasteiger partial charge in [-0.2, -0.15) is 0 Å². The molecule has 0 unspecified atom stereocenters. The Bertz CT molecular complexity index is 1080. The number of likely N-dealkylation sites (N-methyl/N-ethyl adjacent to an activating group) is 1. The van der Waals surface area contributed by atoms with Gasteiger partial charge in [0.05, 0.1) is 19.5 Å². The van der Waals surface area contributed by atoms with E-state index in [1.165, 1.54) is 0 Å². The highest BCUT2D eigenvalue weighted by Gasteiger charge is 2.15. The highest BCUT2D eigenvalue weighted by Crippen LogP contribution is 2.37. The lowest BCUT2D eigenvalue weighted by atomic mass is 9.99. The minimum absolute atomic E-state index is 0.120. The number of hydrogen-bond acceptors (Lipinski definition) is 5. The summed E-state index contributed by atoms with van der Waals surface area (Å²) in [5, 5.41) is 3.89. The van der Waals surface area contributed by atoms with Crippen molar-refractivity contribution in [1.29, 1.82) is 0 Å². The van der Waals surface area contributed by atoms with Gasteiger partial charge in [-0.05, 0) is 64.2 Å². The van der Waals surface area contributed by atoms with Gasteiger partial charge in [-0.25, -0.2) is 0 Å². The lowest BCUT2D eigenvalue weighted by Gasteiger charge is -2.12. The zero-order valence-electron chi connectivity index (χ0n) is 19.5. The number of ether oxygens (including phenoxy) is 2. The van der Waals surface area contributed by atoms with Gasteiger partial charge in [0.15, 0.2) is 0 Å². The van der Waals surface area contributed by atoms with Crippen LogP contribution in [0.5, 0.6) is 11.5 Å². The van der Waals surface area contributed by atoms with E-state index in [0.717, 1.165) is 45.5 Å². The maximum atomic E-state index is 12.4. The van der Waals surface area contributed by atoms with Gasteiger partial charge in [0.1, 0.15) is 17.1 Å². The molecule has 0 bridgehead atoms. The van der Waals surface area contributed by atoms with Crippen LogP contribution in [0.15, 0.2) is 53.2 Å². The zero-order chi connectivity index (χ0) is 23.1. The van der Waals surface area contributed by atoms with Gasteiger partial charge in [0.2, 0.25) is 5.91 Å². The van der Waals surface area contributed by atoms with Crippen molar-refractivity contribution < 1.29 is 18.7 Å². The molecule has 1 amide bonds. The minimum Gasteiger partial charge on any atom is -0.494 e. The quantitative estimate of drug-likeness (QED) is 0.454. The van der Waals surface area contributed by atoms with E-state index in [2.05, 4.69) is 5.32 Å². The molecule has 0 aliphatic carbocycles. The van der Waals surface area contributed by atoms with Crippen LogP contribution in [0.1, 0.15) is 26.3 Å². The zero-order valence-corrected chi connectivity index (χ0v) is 19.5. The van der Waals surface area contributed by atoms with Crippen molar-refractivity contribution in [2.24, 2.45) is 0 Å². The number of rotatable bonds is 10. The van der Waals surface area contributed by atoms with E-state index in [4.69, 9.17) is 13.9 Å². The molecule has 6 heteroatoms. The van der Waals surface area contributed by atoms with E-state index >= 15 is 0 Å². The number of hydrogen-bond donors (Lipinski definition) is 1. The van der Waals surface area contributed by atoms with E-state index < -0.39 is 0 Å². The molecule has 0 saturated heterocycles. The third-order valence-electron chi connectivity index (χ3n) is 5.08. The third kappa shape index (κ3) is 5.71. The molecule has 170 valence electrons. The van der Waals surface area contributed by atoms with Crippen molar-refractivity contribution in [2.45, 2.75) is 20.8 Å². The maximum absolute atomic E-state index is 12.4. The highest BCUT2D eigenvalue weighted by molar-refractivity contribution is 6.00. The first-order valence-electron chi connectivity index (χ1n) is 11.0. The van der Waals surface area contributed by atoms with Crippen molar-refractivity contribution in [3.8, 4) is 22.6 Å². The molecule has 0 fully saturated rings. The van der Waals surface area contributed by atoms with Gasteiger partial charge in [0.25, 0.3) is 0 Å². The van der Waals surface area contributed by atoms with Gasteiger partial charge in [0, 0.05) is 41.7 Å². The molecule has 1 heterocycles. The van der Waals surface area contributed by atoms with Crippen LogP contribution in [0.25, 0.3) is 27.7 Å². The second kappa shape index (κ2) is 10.9. The summed E-state index contributed by atoms with van der Waals surface area (Å²) in [4.78, 5) is 14.4. The molecule has 2 aromatic carbocycles. The summed E-state index contributed by atoms with van der Waals surface area (Å²) in [7, 11) is 3.95. The molecule has 1 N–H and O–H groups in total. The molecule has 0 saturated carbocycles. The molecule has 0 atom stereocenters. The number of fused-ring (bicyclic) bond motifs is 1. The predicted molar refractivity (Wildman–Crippen MR) is 129 cm³/mol. The highest BCUT2D eigenvalue weighted by atomic mass is 16.5. The number of nitrogens with zero attached hydrogens (tertiary/aromatic N) is 1. The molecule has 0 radical (unpaired) electrons. The molecule has 0 aliphatic rings. The first-order chi connectivity index (χ1) is 15.4. The monoisotopic (exact) mass is 436 g/mol. The average Bonchev–Trinajstić information content (AvgIpc) is 3.16. The Morgan fingerprint density at radius 3 is 2.47 bits per heavy atom. The summed E-state index contributed by atoms with van der Waals surface area (Å²) in [6.45, 7) is 8.36. The number of nitrogens with one attached hydrogen (secondary N) is 1. The Balaban J connectivity index is 1.95. The lowest BCUT2D eigenvalue weighted by Crippen LogP contribution is -2.30. The van der Waals surface area contributed by atoms with E-state index in [-0.39, 0.29) is 5.91 Å². The Hall–Kier alpha value is -3.25. The summed E-state index contributed by atoms with van der Waals surface area (Å²) in [6.07, 6.45) is 3.38. The minimum atomic E-state index is -0.120. The van der Waals surface area contributed by atoms with Gasteiger partial charge in [-0.3, -0.25) is 4.79 Å². The Morgan fingerprint density at radius 1 is 1.09 bits per heavy atom. The number of furan rings is 1. The normalized spacial score (nSPS) is 11.8. The summed E-state index contributed by atoms with van der Waals surface area (Å²) in [6, 6.07) is 11.9. The third-order valence-corrected chi connectivity index (χ3v) is 5.08. The number of amides is 1. The second-order valence-electron chi connectivity index (χ2n) is 7.81. The molecule has 0 spiro atoms. The summed E-state index contributed by atoms with van der Waals surface area (Å²) in [5.41, 5.74) is 4.46.